The highest BCUT2D eigenvalue weighted by atomic mass is 32.2. The summed E-state index contributed by atoms with van der Waals surface area (Å²) in [5.74, 6) is -0.0270. The Morgan fingerprint density at radius 1 is 1.36 bits per heavy atom. The summed E-state index contributed by atoms with van der Waals surface area (Å²) >= 11 is 2.28. The summed E-state index contributed by atoms with van der Waals surface area (Å²) in [5, 5.41) is 14.1. The minimum atomic E-state index is -3.28. The summed E-state index contributed by atoms with van der Waals surface area (Å²) in [6, 6.07) is 6.58. The van der Waals surface area contributed by atoms with Gasteiger partial charge in [-0.1, -0.05) is 49.2 Å². The van der Waals surface area contributed by atoms with Crippen LogP contribution >= 0.6 is 23.1 Å². The molecular formula is C19H21N3O3S3. The third-order valence-corrected chi connectivity index (χ3v) is 7.67. The Morgan fingerprint density at radius 3 is 2.64 bits per heavy atom. The summed E-state index contributed by atoms with van der Waals surface area (Å²) in [4.78, 5) is 17.4. The van der Waals surface area contributed by atoms with Gasteiger partial charge in [-0.05, 0) is 30.0 Å². The molecule has 1 aliphatic rings. The molecule has 1 heterocycles. The van der Waals surface area contributed by atoms with Crippen molar-refractivity contribution in [1.29, 1.82) is 5.26 Å². The number of anilines is 1. The number of carbonyl (C=O) groups excluding carboxylic acids is 1. The van der Waals surface area contributed by atoms with Crippen LogP contribution in [0.4, 0.5) is 5.13 Å². The summed E-state index contributed by atoms with van der Waals surface area (Å²) in [7, 11) is -3.28. The van der Waals surface area contributed by atoms with Gasteiger partial charge in [-0.25, -0.2) is 13.4 Å². The number of nitriles is 1. The van der Waals surface area contributed by atoms with Crippen LogP contribution in [-0.2, 0) is 14.6 Å². The molecule has 148 valence electrons. The molecule has 1 amide bonds. The van der Waals surface area contributed by atoms with Crippen molar-refractivity contribution in [3.05, 3.63) is 36.0 Å². The Morgan fingerprint density at radius 2 is 2.04 bits per heavy atom. The van der Waals surface area contributed by atoms with E-state index in [1.54, 1.807) is 30.5 Å². The second kappa shape index (κ2) is 9.07. The number of thioether (sulfide) groups is 1. The van der Waals surface area contributed by atoms with Gasteiger partial charge in [-0.15, -0.1) is 0 Å². The van der Waals surface area contributed by atoms with Crippen molar-refractivity contribution in [2.45, 2.75) is 47.1 Å². The first-order valence-electron chi connectivity index (χ1n) is 8.99. The monoisotopic (exact) mass is 435 g/mol. The predicted molar refractivity (Wildman–Crippen MR) is 111 cm³/mol. The summed E-state index contributed by atoms with van der Waals surface area (Å²) < 4.78 is 24.1. The molecule has 0 bridgehead atoms. The molecule has 1 fully saturated rings. The smallest absolute Gasteiger partial charge is 0.233 e. The minimum Gasteiger partial charge on any atom is -0.301 e. The van der Waals surface area contributed by atoms with E-state index in [2.05, 4.69) is 10.3 Å². The van der Waals surface area contributed by atoms with Crippen molar-refractivity contribution in [3.8, 4) is 5.40 Å². The van der Waals surface area contributed by atoms with Crippen molar-refractivity contribution in [2.24, 2.45) is 5.92 Å². The molecule has 1 aliphatic carbocycles. The Labute approximate surface area is 173 Å². The van der Waals surface area contributed by atoms with Gasteiger partial charge in [0.25, 0.3) is 0 Å². The summed E-state index contributed by atoms with van der Waals surface area (Å²) in [6.07, 6.45) is 8.08. The Bertz CT molecular complexity index is 972. The first kappa shape index (κ1) is 20.8. The maximum Gasteiger partial charge on any atom is 0.233 e. The molecule has 2 aromatic rings. The lowest BCUT2D eigenvalue weighted by molar-refractivity contribution is -0.118. The number of benzene rings is 1. The molecule has 0 saturated heterocycles. The van der Waals surface area contributed by atoms with Crippen LogP contribution in [0.5, 0.6) is 0 Å². The van der Waals surface area contributed by atoms with Gasteiger partial charge < -0.3 is 5.32 Å². The molecule has 0 spiro atoms. The van der Waals surface area contributed by atoms with Crippen molar-refractivity contribution >= 4 is 44.0 Å². The van der Waals surface area contributed by atoms with Gasteiger partial charge in [0.15, 0.2) is 15.0 Å². The van der Waals surface area contributed by atoms with Crippen LogP contribution in [0.25, 0.3) is 0 Å². The van der Waals surface area contributed by atoms with Crippen LogP contribution in [0.3, 0.4) is 0 Å². The van der Waals surface area contributed by atoms with Crippen molar-refractivity contribution < 1.29 is 13.2 Å². The van der Waals surface area contributed by atoms with E-state index < -0.39 is 9.84 Å². The quantitative estimate of drug-likeness (QED) is 0.510. The highest BCUT2D eigenvalue weighted by Gasteiger charge is 2.27. The minimum absolute atomic E-state index is 0.151. The zero-order valence-corrected chi connectivity index (χ0v) is 17.9. The number of aromatic nitrogens is 1. The van der Waals surface area contributed by atoms with E-state index in [1.165, 1.54) is 30.4 Å². The molecule has 3 rings (SSSR count). The van der Waals surface area contributed by atoms with Crippen molar-refractivity contribution in [1.82, 2.24) is 4.98 Å². The zero-order chi connectivity index (χ0) is 20.1. The zero-order valence-electron chi connectivity index (χ0n) is 15.4. The van der Waals surface area contributed by atoms with Gasteiger partial charge in [-0.2, -0.15) is 5.26 Å². The Balaban J connectivity index is 1.81. The highest BCUT2D eigenvalue weighted by molar-refractivity contribution is 8.05. The van der Waals surface area contributed by atoms with E-state index in [4.69, 9.17) is 5.26 Å². The Kier molecular flexibility index (Phi) is 6.75. The fraction of sp³-hybridized carbons (Fsp3) is 0.421. The van der Waals surface area contributed by atoms with Crippen LogP contribution in [0.2, 0.25) is 0 Å². The van der Waals surface area contributed by atoms with Crippen LogP contribution in [0.15, 0.2) is 39.6 Å². The SMILES string of the molecule is CS(=O)(=O)c1ccc([C@H](CC2CCCC2)C(=O)Nc2ncc(SC#N)s2)cc1. The lowest BCUT2D eigenvalue weighted by atomic mass is 9.87. The molecule has 1 saturated carbocycles. The number of thiazole rings is 1. The maximum atomic E-state index is 13.0. The maximum absolute atomic E-state index is 13.0. The first-order chi connectivity index (χ1) is 13.4. The number of nitrogens with one attached hydrogen (secondary N) is 1. The van der Waals surface area contributed by atoms with Gasteiger partial charge >= 0.3 is 0 Å². The molecular weight excluding hydrogens is 414 g/mol. The molecule has 1 aromatic heterocycles. The second-order valence-electron chi connectivity index (χ2n) is 6.95. The molecule has 1 aromatic carbocycles. The van der Waals surface area contributed by atoms with Gasteiger partial charge in [-0.3, -0.25) is 4.79 Å². The van der Waals surface area contributed by atoms with E-state index in [1.807, 2.05) is 5.40 Å². The van der Waals surface area contributed by atoms with E-state index in [0.717, 1.165) is 40.8 Å². The van der Waals surface area contributed by atoms with E-state index >= 15 is 0 Å². The van der Waals surface area contributed by atoms with Crippen LogP contribution in [0, 0.1) is 16.6 Å². The van der Waals surface area contributed by atoms with Crippen molar-refractivity contribution in [2.75, 3.05) is 11.6 Å². The fourth-order valence-electron chi connectivity index (χ4n) is 3.52. The average molecular weight is 436 g/mol. The molecule has 9 heteroatoms. The first-order valence-corrected chi connectivity index (χ1v) is 12.5. The molecule has 28 heavy (non-hydrogen) atoms. The van der Waals surface area contributed by atoms with E-state index in [9.17, 15) is 13.2 Å². The van der Waals surface area contributed by atoms with Crippen LogP contribution in [0.1, 0.15) is 43.6 Å². The number of carbonyl (C=O) groups is 1. The molecule has 0 radical (unpaired) electrons. The predicted octanol–water partition coefficient (Wildman–Crippen LogP) is 4.42. The third kappa shape index (κ3) is 5.34. The molecule has 6 nitrogen and oxygen atoms in total. The molecule has 1 N–H and O–H groups in total. The van der Waals surface area contributed by atoms with Gasteiger partial charge in [0.2, 0.25) is 5.91 Å². The number of nitrogens with zero attached hydrogens (tertiary/aromatic N) is 2. The number of hydrogen-bond acceptors (Lipinski definition) is 7. The normalized spacial score (nSPS) is 15.9. The highest BCUT2D eigenvalue weighted by Crippen LogP contribution is 2.36. The van der Waals surface area contributed by atoms with Gasteiger partial charge in [0.1, 0.15) is 5.40 Å². The van der Waals surface area contributed by atoms with Gasteiger partial charge in [0.05, 0.1) is 21.2 Å². The van der Waals surface area contributed by atoms with Crippen LogP contribution < -0.4 is 5.32 Å². The van der Waals surface area contributed by atoms with Gasteiger partial charge in [0, 0.05) is 18.0 Å². The number of thiocyanates is 1. The molecule has 0 aliphatic heterocycles. The molecule has 1 atom stereocenters. The number of amides is 1. The Hall–Kier alpha value is -1.89. The fourth-order valence-corrected chi connectivity index (χ4v) is 5.42. The van der Waals surface area contributed by atoms with Crippen LogP contribution in [-0.4, -0.2) is 25.6 Å². The average Bonchev–Trinajstić information content (AvgIpc) is 3.31. The summed E-state index contributed by atoms with van der Waals surface area (Å²) in [6.45, 7) is 0. The van der Waals surface area contributed by atoms with E-state index in [-0.39, 0.29) is 16.7 Å². The number of rotatable bonds is 7. The van der Waals surface area contributed by atoms with E-state index in [0.29, 0.717) is 11.0 Å². The standard InChI is InChI=1S/C19H21N3O3S3/c1-28(24,25)15-8-6-14(7-9-15)16(10-13-4-2-3-5-13)18(23)22-19-21-11-17(27-19)26-12-20/h6-9,11,13,16H,2-5,10H2,1H3,(H,21,22,23)/t16-/m0/s1. The molecule has 0 unspecified atom stereocenters. The lowest BCUT2D eigenvalue weighted by Gasteiger charge is -2.20. The largest absolute Gasteiger partial charge is 0.301 e. The number of sulfone groups is 1. The lowest BCUT2D eigenvalue weighted by Crippen LogP contribution is -2.23. The van der Waals surface area contributed by atoms with Crippen molar-refractivity contribution in [3.63, 3.8) is 0 Å². The second-order valence-corrected chi connectivity index (χ2v) is 11.1. The number of hydrogen-bond donors (Lipinski definition) is 1. The topological polar surface area (TPSA) is 99.9 Å². The third-order valence-electron chi connectivity index (χ3n) is 4.93. The summed E-state index contributed by atoms with van der Waals surface area (Å²) in [5.41, 5.74) is 0.806.